The molecule has 0 saturated carbocycles. The summed E-state index contributed by atoms with van der Waals surface area (Å²) in [7, 11) is -2.58. The van der Waals surface area contributed by atoms with Crippen molar-refractivity contribution in [2.75, 3.05) is 0 Å². The van der Waals surface area contributed by atoms with E-state index in [1.54, 1.807) is 0 Å². The maximum atomic E-state index is 8.49. The van der Waals surface area contributed by atoms with E-state index in [-0.39, 0.29) is 0 Å². The summed E-state index contributed by atoms with van der Waals surface area (Å²) < 4.78 is 3.63. The van der Waals surface area contributed by atoms with Gasteiger partial charge in [-0.2, -0.15) is 0 Å². The summed E-state index contributed by atoms with van der Waals surface area (Å²) in [4.78, 5) is 8.49. The van der Waals surface area contributed by atoms with E-state index < -0.39 is 8.56 Å². The summed E-state index contributed by atoms with van der Waals surface area (Å²) in [6.07, 6.45) is 0. The molecule has 0 fully saturated rings. The molecule has 0 rings (SSSR count). The average Bonchev–Trinajstić information content (AvgIpc) is 1.35. The van der Waals surface area contributed by atoms with Gasteiger partial charge in [-0.15, -0.1) is 0 Å². The lowest BCUT2D eigenvalue weighted by Crippen LogP contribution is -2.27. The Hall–Kier alpha value is 0.0969. The molecule has 0 aromatic carbocycles. The van der Waals surface area contributed by atoms with Crippen molar-refractivity contribution in [1.82, 2.24) is 0 Å². The van der Waals surface area contributed by atoms with Crippen LogP contribution in [0.4, 0.5) is 0 Å². The minimum atomic E-state index is -2.58. The second kappa shape index (κ2) is 1.70. The van der Waals surface area contributed by atoms with Gasteiger partial charge in [-0.05, 0) is 13.1 Å². The van der Waals surface area contributed by atoms with E-state index in [1.807, 2.05) is 0 Å². The highest BCUT2D eigenvalue weighted by molar-refractivity contribution is 6.62. The molecule has 0 aliphatic heterocycles. The SMILES string of the molecule is C[Si](C)(O)OO. The topological polar surface area (TPSA) is 49.7 Å². The highest BCUT2D eigenvalue weighted by Crippen LogP contribution is 1.91. The fourth-order valence-corrected chi connectivity index (χ4v) is 0. The molecule has 0 unspecified atom stereocenters. The van der Waals surface area contributed by atoms with Gasteiger partial charge in [-0.3, -0.25) is 9.83 Å². The maximum Gasteiger partial charge on any atom is 0.366 e. The minimum absolute atomic E-state index is 1.47. The molecule has 0 aromatic rings. The molecule has 6 heavy (non-hydrogen) atoms. The van der Waals surface area contributed by atoms with Crippen LogP contribution in [0.1, 0.15) is 0 Å². The normalized spacial score (nSPS) is 12.0. The van der Waals surface area contributed by atoms with Gasteiger partial charge in [0.05, 0.1) is 0 Å². The van der Waals surface area contributed by atoms with Crippen LogP contribution in [0.5, 0.6) is 0 Å². The molecule has 2 N–H and O–H groups in total. The van der Waals surface area contributed by atoms with Gasteiger partial charge in [-0.25, -0.2) is 0 Å². The first kappa shape index (κ1) is 6.10. The molecule has 0 spiro atoms. The van der Waals surface area contributed by atoms with Crippen LogP contribution < -0.4 is 0 Å². The van der Waals surface area contributed by atoms with Gasteiger partial charge in [0.1, 0.15) is 0 Å². The molecular formula is C2H8O3Si. The van der Waals surface area contributed by atoms with Crippen molar-refractivity contribution in [2.24, 2.45) is 0 Å². The zero-order valence-electron chi connectivity index (χ0n) is 3.80. The molecule has 0 aromatic heterocycles. The Kier molecular flexibility index (Phi) is 1.73. The van der Waals surface area contributed by atoms with Crippen LogP contribution in [0, 0.1) is 0 Å². The van der Waals surface area contributed by atoms with E-state index in [0.29, 0.717) is 0 Å². The van der Waals surface area contributed by atoms with Gasteiger partial charge in [0.15, 0.2) is 0 Å². The van der Waals surface area contributed by atoms with Crippen molar-refractivity contribution in [2.45, 2.75) is 13.1 Å². The molecule has 0 radical (unpaired) electrons. The van der Waals surface area contributed by atoms with Crippen LogP contribution in [0.15, 0.2) is 0 Å². The van der Waals surface area contributed by atoms with Gasteiger partial charge in [0.25, 0.3) is 0 Å². The summed E-state index contributed by atoms with van der Waals surface area (Å²) in [5, 5.41) is 7.71. The van der Waals surface area contributed by atoms with Crippen LogP contribution in [0.3, 0.4) is 0 Å². The van der Waals surface area contributed by atoms with Crippen molar-refractivity contribution in [1.29, 1.82) is 0 Å². The fraction of sp³-hybridized carbons (Fsp3) is 1.00. The highest BCUT2D eigenvalue weighted by Gasteiger charge is 2.17. The number of rotatable bonds is 1. The van der Waals surface area contributed by atoms with E-state index >= 15 is 0 Å². The third-order valence-electron chi connectivity index (χ3n) is 0.223. The lowest BCUT2D eigenvalue weighted by molar-refractivity contribution is -0.164. The van der Waals surface area contributed by atoms with E-state index in [0.717, 1.165) is 0 Å². The zero-order valence-corrected chi connectivity index (χ0v) is 4.80. The predicted octanol–water partition coefficient (Wildman–Crippen LogP) is 0.170. The Bertz CT molecular complexity index is 38.5. The lowest BCUT2D eigenvalue weighted by atomic mass is 11.9. The van der Waals surface area contributed by atoms with Crippen molar-refractivity contribution >= 4 is 8.56 Å². The summed E-state index contributed by atoms with van der Waals surface area (Å²) >= 11 is 0. The van der Waals surface area contributed by atoms with Crippen LogP contribution in [0.25, 0.3) is 0 Å². The molecule has 0 aliphatic carbocycles. The van der Waals surface area contributed by atoms with Crippen LogP contribution in [-0.4, -0.2) is 18.6 Å². The zero-order chi connectivity index (χ0) is 5.21. The summed E-state index contributed by atoms with van der Waals surface area (Å²) in [5.74, 6) is 0. The standard InChI is InChI=1S/C2H8O3Si/c1-6(2,4)5-3/h3-4H,1-2H3. The van der Waals surface area contributed by atoms with Crippen LogP contribution >= 0.6 is 0 Å². The number of hydrogen-bond acceptors (Lipinski definition) is 3. The highest BCUT2D eigenvalue weighted by atomic mass is 28.4. The smallest absolute Gasteiger partial charge is 0.366 e. The maximum absolute atomic E-state index is 8.49. The monoisotopic (exact) mass is 108 g/mol. The van der Waals surface area contributed by atoms with Crippen LogP contribution in [-0.2, 0) is 4.58 Å². The molecular weight excluding hydrogens is 100 g/mol. The first-order chi connectivity index (χ1) is 2.56. The largest absolute Gasteiger partial charge is 0.409 e. The Morgan fingerprint density at radius 1 is 1.50 bits per heavy atom. The van der Waals surface area contributed by atoms with E-state index in [4.69, 9.17) is 10.1 Å². The predicted molar refractivity (Wildman–Crippen MR) is 23.4 cm³/mol. The molecule has 0 aliphatic rings. The molecule has 38 valence electrons. The minimum Gasteiger partial charge on any atom is -0.409 e. The summed E-state index contributed by atoms with van der Waals surface area (Å²) in [6, 6.07) is 0. The first-order valence-electron chi connectivity index (χ1n) is 1.61. The Balaban J connectivity index is 3.17. The molecule has 4 heteroatoms. The van der Waals surface area contributed by atoms with Gasteiger partial charge in [0.2, 0.25) is 0 Å². The fourth-order valence-electron chi connectivity index (χ4n) is 0. The van der Waals surface area contributed by atoms with Crippen LogP contribution in [0.2, 0.25) is 13.1 Å². The Morgan fingerprint density at radius 2 is 1.67 bits per heavy atom. The number of hydrogen-bond donors (Lipinski definition) is 2. The Morgan fingerprint density at radius 3 is 1.67 bits per heavy atom. The molecule has 3 nitrogen and oxygen atoms in total. The van der Waals surface area contributed by atoms with E-state index in [2.05, 4.69) is 4.58 Å². The van der Waals surface area contributed by atoms with Gasteiger partial charge in [-0.1, -0.05) is 0 Å². The first-order valence-corrected chi connectivity index (χ1v) is 4.47. The molecule has 0 heterocycles. The van der Waals surface area contributed by atoms with Gasteiger partial charge >= 0.3 is 8.56 Å². The van der Waals surface area contributed by atoms with E-state index in [9.17, 15) is 0 Å². The molecule has 0 amide bonds. The van der Waals surface area contributed by atoms with Gasteiger partial charge < -0.3 is 4.80 Å². The average molecular weight is 108 g/mol. The van der Waals surface area contributed by atoms with Crippen molar-refractivity contribution < 1.29 is 14.6 Å². The second-order valence-corrected chi connectivity index (χ2v) is 4.61. The van der Waals surface area contributed by atoms with Crippen molar-refractivity contribution in [3.05, 3.63) is 0 Å². The van der Waals surface area contributed by atoms with E-state index in [1.165, 1.54) is 13.1 Å². The van der Waals surface area contributed by atoms with Crippen molar-refractivity contribution in [3.8, 4) is 0 Å². The second-order valence-electron chi connectivity index (χ2n) is 1.54. The third-order valence-corrected chi connectivity index (χ3v) is 0.670. The Labute approximate surface area is 37.4 Å². The molecule has 0 atom stereocenters. The quantitative estimate of drug-likeness (QED) is 0.286. The summed E-state index contributed by atoms with van der Waals surface area (Å²) in [6.45, 7) is 2.93. The van der Waals surface area contributed by atoms with Crippen molar-refractivity contribution in [3.63, 3.8) is 0 Å². The molecule has 0 bridgehead atoms. The van der Waals surface area contributed by atoms with Gasteiger partial charge in [0, 0.05) is 0 Å². The molecule has 0 saturated heterocycles. The summed E-state index contributed by atoms with van der Waals surface area (Å²) in [5.41, 5.74) is 0. The third kappa shape index (κ3) is 4.10. The lowest BCUT2D eigenvalue weighted by Gasteiger charge is -2.04.